The molecule has 1 aromatic carbocycles. The highest BCUT2D eigenvalue weighted by Gasteiger charge is 2.26. The molecule has 4 heteroatoms. The van der Waals surface area contributed by atoms with Gasteiger partial charge in [0.2, 0.25) is 0 Å². The first-order chi connectivity index (χ1) is 10.5. The fourth-order valence-corrected chi connectivity index (χ4v) is 3.16. The van der Waals surface area contributed by atoms with Gasteiger partial charge in [0.05, 0.1) is 12.0 Å². The highest BCUT2D eigenvalue weighted by atomic mass is 35.5. The average molecular weight is 324 g/mol. The monoisotopic (exact) mass is 323 g/mol. The van der Waals surface area contributed by atoms with Gasteiger partial charge in [0.15, 0.2) is 0 Å². The fraction of sp³-hybridized carbons (Fsp3) is 0.611. The third-order valence-electron chi connectivity index (χ3n) is 4.42. The molecule has 1 aromatic rings. The van der Waals surface area contributed by atoms with E-state index in [-0.39, 0.29) is 23.7 Å². The van der Waals surface area contributed by atoms with Crippen LogP contribution in [0.1, 0.15) is 44.6 Å². The summed E-state index contributed by atoms with van der Waals surface area (Å²) in [4.78, 5) is 15.0. The number of hydrogen-bond donors (Lipinski definition) is 1. The standard InChI is InChI=1S/C18H26ClNO2/c1-13(2)18(22)17(14-5-7-15(19)8-6-14)12-20-10-3-4-16(21)9-11-20/h5-8,13,16-17,21H,3-4,9-12H2,1-2H3. The van der Waals surface area contributed by atoms with Crippen LogP contribution in [-0.4, -0.2) is 41.5 Å². The van der Waals surface area contributed by atoms with Gasteiger partial charge in [0, 0.05) is 24.0 Å². The van der Waals surface area contributed by atoms with Gasteiger partial charge in [-0.1, -0.05) is 37.6 Å². The molecule has 1 heterocycles. The molecule has 0 saturated carbocycles. The summed E-state index contributed by atoms with van der Waals surface area (Å²) in [5, 5.41) is 10.5. The van der Waals surface area contributed by atoms with Crippen LogP contribution in [0.4, 0.5) is 0 Å². The number of hydrogen-bond acceptors (Lipinski definition) is 3. The van der Waals surface area contributed by atoms with Gasteiger partial charge in [-0.2, -0.15) is 0 Å². The van der Waals surface area contributed by atoms with E-state index in [1.165, 1.54) is 0 Å². The average Bonchev–Trinajstić information content (AvgIpc) is 2.69. The SMILES string of the molecule is CC(C)C(=O)C(CN1CCCC(O)CC1)c1ccc(Cl)cc1. The minimum atomic E-state index is -0.195. The topological polar surface area (TPSA) is 40.5 Å². The summed E-state index contributed by atoms with van der Waals surface area (Å²) < 4.78 is 0. The van der Waals surface area contributed by atoms with Crippen molar-refractivity contribution in [2.75, 3.05) is 19.6 Å². The maximum absolute atomic E-state index is 12.6. The molecule has 122 valence electrons. The van der Waals surface area contributed by atoms with Crippen molar-refractivity contribution >= 4 is 17.4 Å². The molecule has 2 unspecified atom stereocenters. The zero-order valence-corrected chi connectivity index (χ0v) is 14.2. The quantitative estimate of drug-likeness (QED) is 0.901. The van der Waals surface area contributed by atoms with Crippen LogP contribution in [0.15, 0.2) is 24.3 Å². The Kier molecular flexibility index (Phi) is 6.42. The Morgan fingerprint density at radius 1 is 1.27 bits per heavy atom. The molecular weight excluding hydrogens is 298 g/mol. The number of carbonyl (C=O) groups is 1. The number of ketones is 1. The van der Waals surface area contributed by atoms with Crippen LogP contribution in [0.25, 0.3) is 0 Å². The van der Waals surface area contributed by atoms with Gasteiger partial charge in [0.1, 0.15) is 5.78 Å². The Balaban J connectivity index is 2.14. The van der Waals surface area contributed by atoms with Crippen LogP contribution in [0.5, 0.6) is 0 Å². The van der Waals surface area contributed by atoms with Gasteiger partial charge in [0.25, 0.3) is 0 Å². The van der Waals surface area contributed by atoms with E-state index in [4.69, 9.17) is 11.6 Å². The lowest BCUT2D eigenvalue weighted by molar-refractivity contribution is -0.123. The molecular formula is C18H26ClNO2. The number of benzene rings is 1. The van der Waals surface area contributed by atoms with Gasteiger partial charge in [-0.25, -0.2) is 0 Å². The highest BCUT2D eigenvalue weighted by molar-refractivity contribution is 6.30. The molecule has 0 bridgehead atoms. The Morgan fingerprint density at radius 3 is 2.59 bits per heavy atom. The van der Waals surface area contributed by atoms with E-state index in [2.05, 4.69) is 4.90 Å². The second-order valence-electron chi connectivity index (χ2n) is 6.55. The van der Waals surface area contributed by atoms with Gasteiger partial charge >= 0.3 is 0 Å². The molecule has 1 aliphatic rings. The number of halogens is 1. The molecule has 0 amide bonds. The molecule has 22 heavy (non-hydrogen) atoms. The smallest absolute Gasteiger partial charge is 0.144 e. The van der Waals surface area contributed by atoms with Crippen molar-refractivity contribution in [2.45, 2.75) is 45.1 Å². The highest BCUT2D eigenvalue weighted by Crippen LogP contribution is 2.25. The van der Waals surface area contributed by atoms with Gasteiger partial charge in [-0.15, -0.1) is 0 Å². The molecule has 1 saturated heterocycles. The van der Waals surface area contributed by atoms with E-state index in [1.54, 1.807) is 0 Å². The third kappa shape index (κ3) is 4.80. The zero-order valence-electron chi connectivity index (χ0n) is 13.5. The predicted molar refractivity (Wildman–Crippen MR) is 90.3 cm³/mol. The fourth-order valence-electron chi connectivity index (χ4n) is 3.04. The van der Waals surface area contributed by atoms with Crippen LogP contribution in [0, 0.1) is 5.92 Å². The van der Waals surface area contributed by atoms with Gasteiger partial charge in [-0.05, 0) is 43.5 Å². The molecule has 1 N–H and O–H groups in total. The molecule has 0 spiro atoms. The number of aliphatic hydroxyl groups excluding tert-OH is 1. The minimum Gasteiger partial charge on any atom is -0.393 e. The summed E-state index contributed by atoms with van der Waals surface area (Å²) in [5.41, 5.74) is 1.04. The Morgan fingerprint density at radius 2 is 1.95 bits per heavy atom. The Hall–Kier alpha value is -0.900. The first-order valence-corrected chi connectivity index (χ1v) is 8.54. The van der Waals surface area contributed by atoms with E-state index in [0.29, 0.717) is 5.02 Å². The molecule has 0 radical (unpaired) electrons. The van der Waals surface area contributed by atoms with Crippen molar-refractivity contribution in [3.8, 4) is 0 Å². The second kappa shape index (κ2) is 8.09. The lowest BCUT2D eigenvalue weighted by Gasteiger charge is -2.27. The van der Waals surface area contributed by atoms with E-state index >= 15 is 0 Å². The van der Waals surface area contributed by atoms with Crippen LogP contribution >= 0.6 is 11.6 Å². The zero-order chi connectivity index (χ0) is 16.1. The molecule has 2 rings (SSSR count). The van der Waals surface area contributed by atoms with E-state index in [1.807, 2.05) is 38.1 Å². The van der Waals surface area contributed by atoms with E-state index < -0.39 is 0 Å². The van der Waals surface area contributed by atoms with E-state index in [9.17, 15) is 9.90 Å². The first-order valence-electron chi connectivity index (χ1n) is 8.17. The maximum atomic E-state index is 12.6. The largest absolute Gasteiger partial charge is 0.393 e. The van der Waals surface area contributed by atoms with Crippen molar-refractivity contribution in [3.05, 3.63) is 34.9 Å². The number of Topliss-reactive ketones (excluding diaryl/α,β-unsaturated/α-hetero) is 1. The van der Waals surface area contributed by atoms with Crippen molar-refractivity contribution in [2.24, 2.45) is 5.92 Å². The van der Waals surface area contributed by atoms with Crippen LogP contribution in [0.3, 0.4) is 0 Å². The Labute approximate surface area is 138 Å². The van der Waals surface area contributed by atoms with Gasteiger partial charge in [-0.3, -0.25) is 4.79 Å². The minimum absolute atomic E-state index is 0.0123. The van der Waals surface area contributed by atoms with Crippen molar-refractivity contribution in [1.29, 1.82) is 0 Å². The summed E-state index contributed by atoms with van der Waals surface area (Å²) in [6, 6.07) is 7.62. The summed E-state index contributed by atoms with van der Waals surface area (Å²) in [5.74, 6) is 0.165. The number of nitrogens with zero attached hydrogens (tertiary/aromatic N) is 1. The molecule has 0 aliphatic carbocycles. The molecule has 1 fully saturated rings. The van der Waals surface area contributed by atoms with Crippen LogP contribution < -0.4 is 0 Å². The third-order valence-corrected chi connectivity index (χ3v) is 4.67. The number of aliphatic hydroxyl groups is 1. The number of likely N-dealkylation sites (tertiary alicyclic amines) is 1. The van der Waals surface area contributed by atoms with Crippen molar-refractivity contribution in [3.63, 3.8) is 0 Å². The Bertz CT molecular complexity index is 486. The normalized spacial score (nSPS) is 21.6. The second-order valence-corrected chi connectivity index (χ2v) is 6.98. The van der Waals surface area contributed by atoms with E-state index in [0.717, 1.165) is 44.5 Å². The maximum Gasteiger partial charge on any atom is 0.144 e. The first kappa shape index (κ1) is 17.5. The van der Waals surface area contributed by atoms with Crippen molar-refractivity contribution in [1.82, 2.24) is 4.90 Å². The lowest BCUT2D eigenvalue weighted by Crippen LogP contribution is -2.34. The molecule has 2 atom stereocenters. The number of carbonyl (C=O) groups excluding carboxylic acids is 1. The van der Waals surface area contributed by atoms with Crippen LogP contribution in [-0.2, 0) is 4.79 Å². The predicted octanol–water partition coefficient (Wildman–Crippen LogP) is 3.50. The summed E-state index contributed by atoms with van der Waals surface area (Å²) in [6.45, 7) is 6.45. The number of rotatable bonds is 5. The van der Waals surface area contributed by atoms with Gasteiger partial charge < -0.3 is 10.0 Å². The molecule has 3 nitrogen and oxygen atoms in total. The summed E-state index contributed by atoms with van der Waals surface area (Å²) in [6.07, 6.45) is 2.45. The lowest BCUT2D eigenvalue weighted by atomic mass is 9.88. The summed E-state index contributed by atoms with van der Waals surface area (Å²) in [7, 11) is 0. The van der Waals surface area contributed by atoms with Crippen LogP contribution in [0.2, 0.25) is 5.02 Å². The molecule has 1 aliphatic heterocycles. The summed E-state index contributed by atoms with van der Waals surface area (Å²) >= 11 is 5.96. The van der Waals surface area contributed by atoms with Crippen molar-refractivity contribution < 1.29 is 9.90 Å². The molecule has 0 aromatic heterocycles.